The molecule has 1 atom stereocenters. The van der Waals surface area contributed by atoms with E-state index in [-0.39, 0.29) is 0 Å². The highest BCUT2D eigenvalue weighted by atomic mass is 16.5. The normalized spacial score (nSPS) is 12.6. The Morgan fingerprint density at radius 3 is 2.63 bits per heavy atom. The maximum atomic E-state index is 5.86. The molecule has 1 aromatic rings. The molecular formula is C16H28N2O. The zero-order valence-electron chi connectivity index (χ0n) is 12.3. The van der Waals surface area contributed by atoms with Crippen molar-refractivity contribution in [3.63, 3.8) is 0 Å². The molecule has 3 nitrogen and oxygen atoms in total. The summed E-state index contributed by atoms with van der Waals surface area (Å²) >= 11 is 0. The van der Waals surface area contributed by atoms with E-state index in [2.05, 4.69) is 36.5 Å². The molecule has 1 unspecified atom stereocenters. The summed E-state index contributed by atoms with van der Waals surface area (Å²) < 4.78 is 5.86. The molecule has 1 rings (SSSR count). The van der Waals surface area contributed by atoms with Crippen molar-refractivity contribution in [2.75, 3.05) is 20.2 Å². The number of hydrogen-bond acceptors (Lipinski definition) is 3. The van der Waals surface area contributed by atoms with E-state index in [4.69, 9.17) is 10.5 Å². The van der Waals surface area contributed by atoms with Crippen molar-refractivity contribution in [2.24, 2.45) is 5.73 Å². The van der Waals surface area contributed by atoms with E-state index >= 15 is 0 Å². The molecule has 0 fully saturated rings. The van der Waals surface area contributed by atoms with Crippen LogP contribution in [0.1, 0.15) is 37.3 Å². The Hall–Kier alpha value is -0.900. The molecular weight excluding hydrogens is 236 g/mol. The summed E-state index contributed by atoms with van der Waals surface area (Å²) in [6.07, 6.45) is 4.54. The minimum Gasteiger partial charge on any atom is -0.378 e. The van der Waals surface area contributed by atoms with Gasteiger partial charge in [-0.3, -0.25) is 0 Å². The fraction of sp³-hybridized carbons (Fsp3) is 0.625. The standard InChI is InChI=1S/C16H28N2O/c1-3-16(19-12-6-11-17)10-9-14-7-4-5-8-15(14)13-18-2/h4-5,7-8,16,18H,3,6,9-13,17H2,1-2H3. The van der Waals surface area contributed by atoms with Crippen molar-refractivity contribution >= 4 is 0 Å². The van der Waals surface area contributed by atoms with Gasteiger partial charge < -0.3 is 15.8 Å². The summed E-state index contributed by atoms with van der Waals surface area (Å²) in [6.45, 7) is 4.61. The smallest absolute Gasteiger partial charge is 0.0575 e. The third-order valence-corrected chi connectivity index (χ3v) is 3.38. The van der Waals surface area contributed by atoms with Crippen LogP contribution in [0, 0.1) is 0 Å². The van der Waals surface area contributed by atoms with Crippen molar-refractivity contribution < 1.29 is 4.74 Å². The van der Waals surface area contributed by atoms with Crippen LogP contribution in [-0.2, 0) is 17.7 Å². The molecule has 0 heterocycles. The molecule has 0 aliphatic heterocycles. The topological polar surface area (TPSA) is 47.3 Å². The lowest BCUT2D eigenvalue weighted by Gasteiger charge is -2.17. The predicted molar refractivity (Wildman–Crippen MR) is 81.2 cm³/mol. The Morgan fingerprint density at radius 1 is 1.26 bits per heavy atom. The zero-order chi connectivity index (χ0) is 13.9. The monoisotopic (exact) mass is 264 g/mol. The maximum absolute atomic E-state index is 5.86. The van der Waals surface area contributed by atoms with Crippen molar-refractivity contribution in [1.82, 2.24) is 5.32 Å². The second-order valence-corrected chi connectivity index (χ2v) is 4.88. The Kier molecular flexibility index (Phi) is 8.47. The fourth-order valence-electron chi connectivity index (χ4n) is 2.22. The van der Waals surface area contributed by atoms with Gasteiger partial charge in [-0.15, -0.1) is 0 Å². The van der Waals surface area contributed by atoms with Crippen LogP contribution in [-0.4, -0.2) is 26.3 Å². The lowest BCUT2D eigenvalue weighted by molar-refractivity contribution is 0.0446. The number of aryl methyl sites for hydroxylation is 1. The Balaban J connectivity index is 2.45. The van der Waals surface area contributed by atoms with E-state index in [1.807, 2.05) is 7.05 Å². The van der Waals surface area contributed by atoms with Gasteiger partial charge in [-0.25, -0.2) is 0 Å². The number of rotatable bonds is 10. The van der Waals surface area contributed by atoms with Crippen LogP contribution in [0.15, 0.2) is 24.3 Å². The maximum Gasteiger partial charge on any atom is 0.0575 e. The second-order valence-electron chi connectivity index (χ2n) is 4.88. The van der Waals surface area contributed by atoms with Gasteiger partial charge in [-0.2, -0.15) is 0 Å². The van der Waals surface area contributed by atoms with Crippen molar-refractivity contribution in [2.45, 2.75) is 45.3 Å². The first-order valence-electron chi connectivity index (χ1n) is 7.34. The molecule has 19 heavy (non-hydrogen) atoms. The molecule has 3 N–H and O–H groups in total. The highest BCUT2D eigenvalue weighted by Crippen LogP contribution is 2.14. The van der Waals surface area contributed by atoms with Crippen LogP contribution >= 0.6 is 0 Å². The van der Waals surface area contributed by atoms with Crippen molar-refractivity contribution in [3.05, 3.63) is 35.4 Å². The third kappa shape index (κ3) is 6.19. The molecule has 0 saturated heterocycles. The molecule has 0 aliphatic rings. The Morgan fingerprint density at radius 2 is 2.00 bits per heavy atom. The van der Waals surface area contributed by atoms with E-state index in [9.17, 15) is 0 Å². The van der Waals surface area contributed by atoms with Gasteiger partial charge >= 0.3 is 0 Å². The van der Waals surface area contributed by atoms with Crippen LogP contribution in [0.3, 0.4) is 0 Å². The van der Waals surface area contributed by atoms with Crippen LogP contribution in [0.4, 0.5) is 0 Å². The minimum atomic E-state index is 0.356. The lowest BCUT2D eigenvalue weighted by atomic mass is 10.00. The van der Waals surface area contributed by atoms with Gasteiger partial charge in [0, 0.05) is 13.2 Å². The SMILES string of the molecule is CCC(CCc1ccccc1CNC)OCCCN. The van der Waals surface area contributed by atoms with E-state index < -0.39 is 0 Å². The molecule has 0 aliphatic carbocycles. The van der Waals surface area contributed by atoms with E-state index in [1.165, 1.54) is 11.1 Å². The number of nitrogens with one attached hydrogen (secondary N) is 1. The van der Waals surface area contributed by atoms with Gasteiger partial charge in [0.1, 0.15) is 0 Å². The van der Waals surface area contributed by atoms with Gasteiger partial charge in [0.25, 0.3) is 0 Å². The summed E-state index contributed by atoms with van der Waals surface area (Å²) in [5.74, 6) is 0. The van der Waals surface area contributed by atoms with Crippen LogP contribution in [0.25, 0.3) is 0 Å². The van der Waals surface area contributed by atoms with E-state index in [0.29, 0.717) is 12.6 Å². The van der Waals surface area contributed by atoms with Crippen LogP contribution in [0.2, 0.25) is 0 Å². The fourth-order valence-corrected chi connectivity index (χ4v) is 2.22. The largest absolute Gasteiger partial charge is 0.378 e. The molecule has 108 valence electrons. The highest BCUT2D eigenvalue weighted by Gasteiger charge is 2.08. The summed E-state index contributed by atoms with van der Waals surface area (Å²) in [5, 5.41) is 3.22. The molecule has 1 aromatic carbocycles. The quantitative estimate of drug-likeness (QED) is 0.638. The number of nitrogens with two attached hydrogens (primary N) is 1. The Labute approximate surface area is 117 Å². The zero-order valence-corrected chi connectivity index (χ0v) is 12.3. The first-order valence-corrected chi connectivity index (χ1v) is 7.34. The molecule has 0 saturated carbocycles. The third-order valence-electron chi connectivity index (χ3n) is 3.38. The lowest BCUT2D eigenvalue weighted by Crippen LogP contribution is -2.16. The van der Waals surface area contributed by atoms with E-state index in [0.717, 1.165) is 38.8 Å². The molecule has 0 radical (unpaired) electrons. The van der Waals surface area contributed by atoms with Gasteiger partial charge in [0.05, 0.1) is 6.10 Å². The first kappa shape index (κ1) is 16.2. The number of hydrogen-bond donors (Lipinski definition) is 2. The van der Waals surface area contributed by atoms with Gasteiger partial charge in [0.2, 0.25) is 0 Å². The second kappa shape index (κ2) is 9.96. The van der Waals surface area contributed by atoms with E-state index in [1.54, 1.807) is 0 Å². The van der Waals surface area contributed by atoms with Crippen LogP contribution < -0.4 is 11.1 Å². The highest BCUT2D eigenvalue weighted by molar-refractivity contribution is 5.27. The minimum absolute atomic E-state index is 0.356. The van der Waals surface area contributed by atoms with Crippen molar-refractivity contribution in [1.29, 1.82) is 0 Å². The molecule has 0 amide bonds. The number of benzene rings is 1. The summed E-state index contributed by atoms with van der Waals surface area (Å²) in [7, 11) is 1.99. The molecule has 0 bridgehead atoms. The summed E-state index contributed by atoms with van der Waals surface area (Å²) in [6, 6.07) is 8.64. The Bertz CT molecular complexity index is 341. The predicted octanol–water partition coefficient (Wildman–Crippen LogP) is 2.48. The average Bonchev–Trinajstić information content (AvgIpc) is 2.44. The molecule has 0 aromatic heterocycles. The van der Waals surface area contributed by atoms with Crippen molar-refractivity contribution in [3.8, 4) is 0 Å². The average molecular weight is 264 g/mol. The molecule has 0 spiro atoms. The summed E-state index contributed by atoms with van der Waals surface area (Å²) in [4.78, 5) is 0. The summed E-state index contributed by atoms with van der Waals surface area (Å²) in [5.41, 5.74) is 8.31. The van der Waals surface area contributed by atoms with Gasteiger partial charge in [0.15, 0.2) is 0 Å². The van der Waals surface area contributed by atoms with Gasteiger partial charge in [-0.1, -0.05) is 31.2 Å². The van der Waals surface area contributed by atoms with Gasteiger partial charge in [-0.05, 0) is 50.4 Å². The molecule has 3 heteroatoms. The number of ether oxygens (including phenoxy) is 1. The van der Waals surface area contributed by atoms with Crippen LogP contribution in [0.5, 0.6) is 0 Å². The first-order chi connectivity index (χ1) is 9.31.